The van der Waals surface area contributed by atoms with Crippen molar-refractivity contribution in [3.05, 3.63) is 0 Å². The summed E-state index contributed by atoms with van der Waals surface area (Å²) in [5.74, 6) is 0.543. The van der Waals surface area contributed by atoms with Gasteiger partial charge in [0.1, 0.15) is 9.84 Å². The highest BCUT2D eigenvalue weighted by atomic mass is 32.2. The van der Waals surface area contributed by atoms with E-state index in [2.05, 4.69) is 6.07 Å². The van der Waals surface area contributed by atoms with E-state index in [1.807, 2.05) is 11.9 Å². The number of hydrogen-bond donors (Lipinski definition) is 0. The lowest BCUT2D eigenvalue weighted by Crippen LogP contribution is -2.39. The van der Waals surface area contributed by atoms with E-state index in [9.17, 15) is 8.42 Å². The lowest BCUT2D eigenvalue weighted by molar-refractivity contribution is 0.251. The molecular weight excluding hydrogens is 188 g/mol. The molecule has 0 radical (unpaired) electrons. The highest BCUT2D eigenvalue weighted by Gasteiger charge is 2.25. The summed E-state index contributed by atoms with van der Waals surface area (Å²) in [7, 11) is -0.907. The van der Waals surface area contributed by atoms with Gasteiger partial charge in [-0.25, -0.2) is 8.42 Å². The number of sulfone groups is 1. The molecule has 0 amide bonds. The Morgan fingerprint density at radius 3 is 2.46 bits per heavy atom. The van der Waals surface area contributed by atoms with Crippen LogP contribution < -0.4 is 0 Å². The predicted octanol–water partition coefficient (Wildman–Crippen LogP) is 0.0190. The predicted molar refractivity (Wildman–Crippen MR) is 49.9 cm³/mol. The van der Waals surface area contributed by atoms with Crippen molar-refractivity contribution >= 4 is 9.84 Å². The van der Waals surface area contributed by atoms with Crippen LogP contribution in [0.4, 0.5) is 0 Å². The first-order chi connectivity index (χ1) is 6.05. The van der Waals surface area contributed by atoms with Crippen LogP contribution in [0.15, 0.2) is 0 Å². The van der Waals surface area contributed by atoms with Crippen molar-refractivity contribution in [1.82, 2.24) is 4.90 Å². The van der Waals surface area contributed by atoms with Crippen LogP contribution in [0.25, 0.3) is 0 Å². The molecule has 13 heavy (non-hydrogen) atoms. The summed E-state index contributed by atoms with van der Waals surface area (Å²) in [6, 6.07) is 2.33. The molecule has 0 aromatic heterocycles. The van der Waals surface area contributed by atoms with E-state index >= 15 is 0 Å². The van der Waals surface area contributed by atoms with Crippen molar-refractivity contribution in [2.24, 2.45) is 0 Å². The lowest BCUT2D eigenvalue weighted by atomic mass is 10.1. The monoisotopic (exact) mass is 202 g/mol. The zero-order valence-electron chi connectivity index (χ0n) is 7.73. The van der Waals surface area contributed by atoms with E-state index < -0.39 is 9.84 Å². The topological polar surface area (TPSA) is 61.2 Å². The van der Waals surface area contributed by atoms with E-state index in [4.69, 9.17) is 5.26 Å². The molecular formula is C8H14N2O2S. The van der Waals surface area contributed by atoms with Crippen LogP contribution in [0, 0.1) is 11.3 Å². The molecule has 0 aromatic carbocycles. The first-order valence-electron chi connectivity index (χ1n) is 4.33. The quantitative estimate of drug-likeness (QED) is 0.592. The number of hydrogen-bond acceptors (Lipinski definition) is 4. The Hall–Kier alpha value is -0.600. The van der Waals surface area contributed by atoms with Crippen molar-refractivity contribution in [2.45, 2.75) is 18.9 Å². The first kappa shape index (κ1) is 10.5. The van der Waals surface area contributed by atoms with E-state index in [-0.39, 0.29) is 17.5 Å². The fraction of sp³-hybridized carbons (Fsp3) is 0.875. The Morgan fingerprint density at radius 1 is 1.46 bits per heavy atom. The molecule has 0 saturated carbocycles. The highest BCUT2D eigenvalue weighted by Crippen LogP contribution is 2.16. The van der Waals surface area contributed by atoms with Gasteiger partial charge >= 0.3 is 0 Å². The van der Waals surface area contributed by atoms with Gasteiger partial charge in [0.15, 0.2) is 0 Å². The van der Waals surface area contributed by atoms with Gasteiger partial charge in [0.05, 0.1) is 24.1 Å². The summed E-state index contributed by atoms with van der Waals surface area (Å²) in [5.41, 5.74) is 0. The Morgan fingerprint density at radius 2 is 2.00 bits per heavy atom. The van der Waals surface area contributed by atoms with Crippen LogP contribution in [-0.4, -0.2) is 44.5 Å². The molecule has 1 rings (SSSR count). The molecule has 74 valence electrons. The number of nitrogens with zero attached hydrogens (tertiary/aromatic N) is 2. The van der Waals surface area contributed by atoms with Crippen LogP contribution in [0.3, 0.4) is 0 Å². The molecule has 5 heteroatoms. The van der Waals surface area contributed by atoms with Gasteiger partial charge < -0.3 is 0 Å². The molecule has 0 N–H and O–H groups in total. The molecule has 1 aliphatic rings. The maximum Gasteiger partial charge on any atom is 0.150 e. The van der Waals surface area contributed by atoms with Crippen LogP contribution in [0.2, 0.25) is 0 Å². The maximum absolute atomic E-state index is 11.1. The molecule has 0 unspecified atom stereocenters. The first-order valence-corrected chi connectivity index (χ1v) is 6.15. The highest BCUT2D eigenvalue weighted by molar-refractivity contribution is 7.91. The van der Waals surface area contributed by atoms with Crippen LogP contribution in [-0.2, 0) is 9.84 Å². The number of rotatable bonds is 2. The molecule has 0 atom stereocenters. The lowest BCUT2D eigenvalue weighted by Gasteiger charge is -2.29. The number of nitriles is 1. The molecule has 0 aliphatic carbocycles. The molecule has 0 bridgehead atoms. The van der Waals surface area contributed by atoms with Crippen LogP contribution in [0.5, 0.6) is 0 Å². The van der Waals surface area contributed by atoms with Gasteiger partial charge in [0.2, 0.25) is 0 Å². The van der Waals surface area contributed by atoms with E-state index in [0.717, 1.165) is 0 Å². The summed E-state index contributed by atoms with van der Waals surface area (Å²) in [4.78, 5) is 1.93. The maximum atomic E-state index is 11.1. The molecule has 1 saturated heterocycles. The van der Waals surface area contributed by atoms with E-state index in [1.165, 1.54) is 0 Å². The Labute approximate surface area is 79.1 Å². The standard InChI is InChI=1S/C8H14N2O2S/c1-10(5-4-9)8-2-6-13(11,12)7-3-8/h8H,2-3,5-7H2,1H3. The summed E-state index contributed by atoms with van der Waals surface area (Å²) in [5, 5.41) is 8.46. The van der Waals surface area contributed by atoms with E-state index in [1.54, 1.807) is 0 Å². The van der Waals surface area contributed by atoms with Gasteiger partial charge in [-0.3, -0.25) is 4.90 Å². The van der Waals surface area contributed by atoms with Crippen molar-refractivity contribution < 1.29 is 8.42 Å². The zero-order valence-corrected chi connectivity index (χ0v) is 8.55. The minimum absolute atomic E-state index is 0.267. The third-order valence-electron chi connectivity index (χ3n) is 2.47. The Bertz CT molecular complexity index is 291. The van der Waals surface area contributed by atoms with Crippen LogP contribution >= 0.6 is 0 Å². The summed E-state index contributed by atoms with van der Waals surface area (Å²) >= 11 is 0. The average Bonchev–Trinajstić information content (AvgIpc) is 2.04. The minimum Gasteiger partial charge on any atom is -0.291 e. The third-order valence-corrected chi connectivity index (χ3v) is 4.18. The van der Waals surface area contributed by atoms with Gasteiger partial charge in [-0.2, -0.15) is 5.26 Å². The van der Waals surface area contributed by atoms with Gasteiger partial charge in [0.25, 0.3) is 0 Å². The van der Waals surface area contributed by atoms with Gasteiger partial charge in [-0.05, 0) is 19.9 Å². The second-order valence-electron chi connectivity index (χ2n) is 3.46. The fourth-order valence-electron chi connectivity index (χ4n) is 1.56. The molecule has 1 heterocycles. The van der Waals surface area contributed by atoms with Gasteiger partial charge in [-0.1, -0.05) is 0 Å². The minimum atomic E-state index is -2.77. The third kappa shape index (κ3) is 2.98. The van der Waals surface area contributed by atoms with Crippen LogP contribution in [0.1, 0.15) is 12.8 Å². The normalized spacial score (nSPS) is 22.8. The molecule has 4 nitrogen and oxygen atoms in total. The summed E-state index contributed by atoms with van der Waals surface area (Å²) in [6.45, 7) is 0.380. The van der Waals surface area contributed by atoms with Gasteiger partial charge in [-0.15, -0.1) is 0 Å². The molecule has 1 aliphatic heterocycles. The van der Waals surface area contributed by atoms with Crippen molar-refractivity contribution in [2.75, 3.05) is 25.1 Å². The molecule has 0 spiro atoms. The van der Waals surface area contributed by atoms with E-state index in [0.29, 0.717) is 19.4 Å². The molecule has 0 aromatic rings. The van der Waals surface area contributed by atoms with Crippen molar-refractivity contribution in [3.8, 4) is 6.07 Å². The Balaban J connectivity index is 2.46. The summed E-state index contributed by atoms with van der Waals surface area (Å²) in [6.07, 6.45) is 1.33. The van der Waals surface area contributed by atoms with Crippen molar-refractivity contribution in [3.63, 3.8) is 0 Å². The van der Waals surface area contributed by atoms with Gasteiger partial charge in [0, 0.05) is 6.04 Å². The summed E-state index contributed by atoms with van der Waals surface area (Å²) < 4.78 is 22.2. The average molecular weight is 202 g/mol. The second-order valence-corrected chi connectivity index (χ2v) is 5.76. The fourth-order valence-corrected chi connectivity index (χ4v) is 3.03. The second kappa shape index (κ2) is 4.07. The zero-order chi connectivity index (χ0) is 9.90. The smallest absolute Gasteiger partial charge is 0.150 e. The SMILES string of the molecule is CN(CC#N)C1CCS(=O)(=O)CC1. The molecule has 1 fully saturated rings. The largest absolute Gasteiger partial charge is 0.291 e. The Kier molecular flexibility index (Phi) is 3.28. The van der Waals surface area contributed by atoms with Crippen molar-refractivity contribution in [1.29, 1.82) is 5.26 Å².